The molecule has 4 aromatic rings. The Hall–Kier alpha value is -2.67. The summed E-state index contributed by atoms with van der Waals surface area (Å²) in [5.41, 5.74) is 7.86. The van der Waals surface area contributed by atoms with Crippen LogP contribution < -0.4 is 5.32 Å². The van der Waals surface area contributed by atoms with Gasteiger partial charge in [0, 0.05) is 47.8 Å². The first-order valence-electron chi connectivity index (χ1n) is 9.88. The minimum absolute atomic E-state index is 0. The van der Waals surface area contributed by atoms with E-state index in [0.29, 0.717) is 17.7 Å². The summed E-state index contributed by atoms with van der Waals surface area (Å²) < 4.78 is 17.4. The van der Waals surface area contributed by atoms with E-state index in [1.165, 1.54) is 6.07 Å². The molecule has 3 N–H and O–H groups in total. The number of aliphatic hydroxyl groups is 1. The molecule has 2 aromatic heterocycles. The number of halogens is 2. The molecule has 3 heterocycles. The van der Waals surface area contributed by atoms with Gasteiger partial charge in [-0.25, -0.2) is 9.07 Å². The van der Waals surface area contributed by atoms with Gasteiger partial charge in [0.2, 0.25) is 0 Å². The number of H-pyrrole nitrogens is 1. The number of nitrogens with zero attached hydrogens (tertiary/aromatic N) is 2. The molecule has 156 valence electrons. The minimum atomic E-state index is -0.345. The molecule has 5 rings (SSSR count). The lowest BCUT2D eigenvalue weighted by molar-refractivity contribution is 0.282. The molecule has 0 bridgehead atoms. The minimum Gasteiger partial charge on any atom is -0.392 e. The van der Waals surface area contributed by atoms with Gasteiger partial charge >= 0.3 is 0 Å². The Labute approximate surface area is 180 Å². The van der Waals surface area contributed by atoms with Gasteiger partial charge in [0.25, 0.3) is 0 Å². The third kappa shape index (κ3) is 3.03. The third-order valence-corrected chi connectivity index (χ3v) is 5.84. The van der Waals surface area contributed by atoms with Crippen molar-refractivity contribution in [1.29, 1.82) is 0 Å². The number of fused-ring (bicyclic) bond motifs is 2. The van der Waals surface area contributed by atoms with E-state index in [-0.39, 0.29) is 24.8 Å². The Bertz CT molecular complexity index is 1220. The molecule has 5 nitrogen and oxygen atoms in total. The highest BCUT2D eigenvalue weighted by Crippen LogP contribution is 2.39. The summed E-state index contributed by atoms with van der Waals surface area (Å²) in [6.45, 7) is 5.42. The summed E-state index contributed by atoms with van der Waals surface area (Å²) in [4.78, 5) is 3.16. The summed E-state index contributed by atoms with van der Waals surface area (Å²) >= 11 is 0. The van der Waals surface area contributed by atoms with Crippen LogP contribution in [0, 0.1) is 19.7 Å². The first kappa shape index (κ1) is 20.6. The van der Waals surface area contributed by atoms with Crippen molar-refractivity contribution in [3.8, 4) is 16.9 Å². The lowest BCUT2D eigenvalue weighted by Crippen LogP contribution is -2.23. The second-order valence-corrected chi connectivity index (χ2v) is 7.67. The molecule has 0 spiro atoms. The van der Waals surface area contributed by atoms with E-state index in [2.05, 4.69) is 36.3 Å². The third-order valence-electron chi connectivity index (χ3n) is 5.84. The quantitative estimate of drug-likeness (QED) is 0.456. The SMILES string of the molecule is Cc1cccc(C)c1-n1nc2c(c1-c1c(F)cc(CO)c3[nH]ccc13)CNCC2.Cl. The van der Waals surface area contributed by atoms with E-state index in [9.17, 15) is 5.11 Å². The molecule has 0 aliphatic carbocycles. The maximum absolute atomic E-state index is 15.5. The lowest BCUT2D eigenvalue weighted by atomic mass is 9.96. The first-order valence-corrected chi connectivity index (χ1v) is 9.88. The van der Waals surface area contributed by atoms with Crippen LogP contribution >= 0.6 is 12.4 Å². The van der Waals surface area contributed by atoms with Gasteiger partial charge in [0.1, 0.15) is 5.82 Å². The molecule has 0 saturated carbocycles. The van der Waals surface area contributed by atoms with Gasteiger partial charge in [0.15, 0.2) is 0 Å². The van der Waals surface area contributed by atoms with E-state index < -0.39 is 0 Å². The van der Waals surface area contributed by atoms with Gasteiger partial charge in [0.05, 0.1) is 29.2 Å². The average Bonchev–Trinajstić information content (AvgIpc) is 3.33. The summed E-state index contributed by atoms with van der Waals surface area (Å²) in [6.07, 6.45) is 2.60. The van der Waals surface area contributed by atoms with Crippen molar-refractivity contribution in [2.75, 3.05) is 6.54 Å². The zero-order chi connectivity index (χ0) is 20.1. The Balaban J connectivity index is 0.00000218. The molecule has 0 amide bonds. The molecule has 2 aromatic carbocycles. The fraction of sp³-hybridized carbons (Fsp3) is 0.261. The summed E-state index contributed by atoms with van der Waals surface area (Å²) in [5.74, 6) is -0.345. The van der Waals surface area contributed by atoms with Crippen molar-refractivity contribution in [1.82, 2.24) is 20.1 Å². The summed E-state index contributed by atoms with van der Waals surface area (Å²) in [5, 5.41) is 18.8. The fourth-order valence-corrected chi connectivity index (χ4v) is 4.50. The molecule has 7 heteroatoms. The van der Waals surface area contributed by atoms with Crippen LogP contribution in [0.25, 0.3) is 27.8 Å². The van der Waals surface area contributed by atoms with E-state index in [4.69, 9.17) is 5.10 Å². The first-order chi connectivity index (χ1) is 14.1. The molecule has 0 unspecified atom stereocenters. The van der Waals surface area contributed by atoms with Crippen LogP contribution in [-0.2, 0) is 19.6 Å². The van der Waals surface area contributed by atoms with Crippen molar-refractivity contribution >= 4 is 23.3 Å². The van der Waals surface area contributed by atoms with Gasteiger partial charge in [-0.15, -0.1) is 12.4 Å². The van der Waals surface area contributed by atoms with E-state index >= 15 is 4.39 Å². The standard InChI is InChI=1S/C23H23FN4O.ClH/c1-13-4-3-5-14(2)22(13)28-23(17-11-25-8-7-19(17)27-28)20-16-6-9-26-21(16)15(12-29)10-18(20)24;/h3-6,9-10,25-26,29H,7-8,11-12H2,1-2H3;1H. The van der Waals surface area contributed by atoms with Crippen LogP contribution in [0.1, 0.15) is 27.9 Å². The van der Waals surface area contributed by atoms with Gasteiger partial charge in [-0.05, 0) is 37.1 Å². The van der Waals surface area contributed by atoms with Gasteiger partial charge in [-0.3, -0.25) is 0 Å². The largest absolute Gasteiger partial charge is 0.392 e. The maximum Gasteiger partial charge on any atom is 0.133 e. The highest BCUT2D eigenvalue weighted by atomic mass is 35.5. The smallest absolute Gasteiger partial charge is 0.133 e. The van der Waals surface area contributed by atoms with E-state index in [1.54, 1.807) is 6.20 Å². The number of aliphatic hydroxyl groups excluding tert-OH is 1. The number of nitrogens with one attached hydrogen (secondary N) is 2. The Kier molecular flexibility index (Phi) is 5.40. The highest BCUT2D eigenvalue weighted by Gasteiger charge is 2.27. The number of hydrogen-bond donors (Lipinski definition) is 3. The number of rotatable bonds is 3. The number of aryl methyl sites for hydroxylation is 2. The van der Waals surface area contributed by atoms with Gasteiger partial charge in [-0.1, -0.05) is 18.2 Å². The zero-order valence-corrected chi connectivity index (χ0v) is 17.7. The van der Waals surface area contributed by atoms with Crippen molar-refractivity contribution in [2.45, 2.75) is 33.4 Å². The van der Waals surface area contributed by atoms with Crippen LogP contribution in [-0.4, -0.2) is 26.4 Å². The normalized spacial score (nSPS) is 13.3. The molecular formula is C23H24ClFN4O. The maximum atomic E-state index is 15.5. The van der Waals surface area contributed by atoms with Crippen molar-refractivity contribution in [3.05, 3.63) is 70.3 Å². The number of aromatic amines is 1. The predicted octanol–water partition coefficient (Wildman–Crippen LogP) is 4.34. The van der Waals surface area contributed by atoms with Crippen molar-refractivity contribution < 1.29 is 9.50 Å². The molecular weight excluding hydrogens is 403 g/mol. The predicted molar refractivity (Wildman–Crippen MR) is 119 cm³/mol. The average molecular weight is 427 g/mol. The van der Waals surface area contributed by atoms with Crippen LogP contribution in [0.4, 0.5) is 4.39 Å². The Morgan fingerprint density at radius 1 is 1.20 bits per heavy atom. The number of hydrogen-bond acceptors (Lipinski definition) is 3. The number of para-hydroxylation sites is 1. The van der Waals surface area contributed by atoms with Crippen molar-refractivity contribution in [2.24, 2.45) is 0 Å². The molecule has 1 aliphatic rings. The van der Waals surface area contributed by atoms with Crippen LogP contribution in [0.5, 0.6) is 0 Å². The molecule has 0 fully saturated rings. The molecule has 1 aliphatic heterocycles. The Morgan fingerprint density at radius 3 is 2.70 bits per heavy atom. The van der Waals surface area contributed by atoms with Crippen LogP contribution in [0.3, 0.4) is 0 Å². The fourth-order valence-electron chi connectivity index (χ4n) is 4.50. The van der Waals surface area contributed by atoms with E-state index in [1.807, 2.05) is 16.8 Å². The van der Waals surface area contributed by atoms with Gasteiger partial charge < -0.3 is 15.4 Å². The van der Waals surface area contributed by atoms with Gasteiger partial charge in [-0.2, -0.15) is 5.10 Å². The second kappa shape index (κ2) is 7.87. The van der Waals surface area contributed by atoms with Crippen LogP contribution in [0.15, 0.2) is 36.5 Å². The summed E-state index contributed by atoms with van der Waals surface area (Å²) in [6, 6.07) is 9.44. The molecule has 30 heavy (non-hydrogen) atoms. The molecule has 0 radical (unpaired) electrons. The summed E-state index contributed by atoms with van der Waals surface area (Å²) in [7, 11) is 0. The zero-order valence-electron chi connectivity index (χ0n) is 16.9. The second-order valence-electron chi connectivity index (χ2n) is 7.67. The highest BCUT2D eigenvalue weighted by molar-refractivity contribution is 5.97. The molecule has 0 atom stereocenters. The van der Waals surface area contributed by atoms with E-state index in [0.717, 1.165) is 57.6 Å². The Morgan fingerprint density at radius 2 is 1.97 bits per heavy atom. The molecule has 0 saturated heterocycles. The monoisotopic (exact) mass is 426 g/mol. The lowest BCUT2D eigenvalue weighted by Gasteiger charge is -2.17. The van der Waals surface area contributed by atoms with Crippen LogP contribution in [0.2, 0.25) is 0 Å². The number of benzene rings is 2. The number of aromatic nitrogens is 3. The topological polar surface area (TPSA) is 65.9 Å². The van der Waals surface area contributed by atoms with Crippen molar-refractivity contribution in [3.63, 3.8) is 0 Å².